The Kier molecular flexibility index (Phi) is 2.64. The van der Waals surface area contributed by atoms with Crippen LogP contribution in [0.25, 0.3) is 0 Å². The molecule has 0 aromatic carbocycles. The Morgan fingerprint density at radius 3 is 2.81 bits per heavy atom. The minimum atomic E-state index is -0.270. The molecule has 1 aliphatic rings. The van der Waals surface area contributed by atoms with Crippen molar-refractivity contribution < 1.29 is 4.79 Å². The standard InChI is InChI=1S/C10H15N5O/c1-3-14-6-12-5-7(14)8-9(11)13-10(16)15(8)4-2/h5-6,8H,3-4H2,1-2H3,(H2,11,13,16). The van der Waals surface area contributed by atoms with Gasteiger partial charge in [-0.05, 0) is 13.8 Å². The number of amidine groups is 1. The Morgan fingerprint density at radius 1 is 1.44 bits per heavy atom. The minimum absolute atomic E-state index is 0.264. The van der Waals surface area contributed by atoms with Crippen LogP contribution in [0.4, 0.5) is 4.79 Å². The van der Waals surface area contributed by atoms with Crippen LogP contribution in [0.1, 0.15) is 25.6 Å². The molecule has 1 aliphatic heterocycles. The minimum Gasteiger partial charge on any atom is -0.385 e. The molecule has 0 radical (unpaired) electrons. The molecule has 0 saturated heterocycles. The topological polar surface area (TPSA) is 76.5 Å². The highest BCUT2D eigenvalue weighted by Crippen LogP contribution is 2.26. The predicted molar refractivity (Wildman–Crippen MR) is 60.0 cm³/mol. The summed E-state index contributed by atoms with van der Waals surface area (Å²) in [6, 6.07) is -0.534. The number of rotatable bonds is 3. The summed E-state index contributed by atoms with van der Waals surface area (Å²) in [7, 11) is 0. The second-order valence-electron chi connectivity index (χ2n) is 3.61. The van der Waals surface area contributed by atoms with E-state index in [1.807, 2.05) is 18.4 Å². The highest BCUT2D eigenvalue weighted by Gasteiger charge is 2.35. The molecule has 0 spiro atoms. The zero-order valence-electron chi connectivity index (χ0n) is 9.42. The number of likely N-dealkylation sites (N-methyl/N-ethyl adjacent to an activating group) is 1. The Hall–Kier alpha value is -1.85. The molecule has 0 fully saturated rings. The molecule has 1 aromatic heterocycles. The highest BCUT2D eigenvalue weighted by atomic mass is 16.2. The van der Waals surface area contributed by atoms with Gasteiger partial charge in [-0.25, -0.2) is 9.78 Å². The van der Waals surface area contributed by atoms with Crippen LogP contribution in [0.2, 0.25) is 0 Å². The molecule has 0 saturated carbocycles. The molecule has 1 aromatic rings. The third-order valence-electron chi connectivity index (χ3n) is 2.77. The number of aromatic nitrogens is 2. The number of nitrogens with zero attached hydrogens (tertiary/aromatic N) is 4. The Balaban J connectivity index is 2.40. The van der Waals surface area contributed by atoms with Gasteiger partial charge < -0.3 is 15.2 Å². The lowest BCUT2D eigenvalue weighted by Crippen LogP contribution is -2.34. The van der Waals surface area contributed by atoms with Crippen LogP contribution < -0.4 is 5.73 Å². The monoisotopic (exact) mass is 221 g/mol. The van der Waals surface area contributed by atoms with Crippen LogP contribution in [0.5, 0.6) is 0 Å². The quantitative estimate of drug-likeness (QED) is 0.818. The van der Waals surface area contributed by atoms with Gasteiger partial charge >= 0.3 is 6.03 Å². The fourth-order valence-corrected chi connectivity index (χ4v) is 1.96. The van der Waals surface area contributed by atoms with Gasteiger partial charge in [0.1, 0.15) is 11.9 Å². The van der Waals surface area contributed by atoms with Gasteiger partial charge in [0.2, 0.25) is 0 Å². The lowest BCUT2D eigenvalue weighted by atomic mass is 10.2. The number of carbonyl (C=O) groups excluding carboxylic acids is 1. The van der Waals surface area contributed by atoms with Crippen molar-refractivity contribution in [2.75, 3.05) is 6.54 Å². The first-order valence-corrected chi connectivity index (χ1v) is 5.33. The van der Waals surface area contributed by atoms with E-state index in [4.69, 9.17) is 5.73 Å². The maximum absolute atomic E-state index is 11.5. The molecule has 1 atom stereocenters. The van der Waals surface area contributed by atoms with Gasteiger partial charge in [-0.15, -0.1) is 0 Å². The fourth-order valence-electron chi connectivity index (χ4n) is 1.96. The van der Waals surface area contributed by atoms with Crippen molar-refractivity contribution in [2.24, 2.45) is 10.7 Å². The predicted octanol–water partition coefficient (Wildman–Crippen LogP) is 0.757. The summed E-state index contributed by atoms with van der Waals surface area (Å²) in [5, 5.41) is 0. The van der Waals surface area contributed by atoms with E-state index in [1.165, 1.54) is 0 Å². The fraction of sp³-hybridized carbons (Fsp3) is 0.500. The molecule has 2 N–H and O–H groups in total. The van der Waals surface area contributed by atoms with Crippen LogP contribution in [0.3, 0.4) is 0 Å². The maximum Gasteiger partial charge on any atom is 0.346 e. The number of amides is 2. The van der Waals surface area contributed by atoms with Gasteiger partial charge in [-0.1, -0.05) is 0 Å². The second-order valence-corrected chi connectivity index (χ2v) is 3.61. The third kappa shape index (κ3) is 1.46. The van der Waals surface area contributed by atoms with Crippen LogP contribution in [-0.2, 0) is 6.54 Å². The smallest absolute Gasteiger partial charge is 0.346 e. The molecule has 86 valence electrons. The molecule has 6 heteroatoms. The van der Waals surface area contributed by atoms with E-state index in [-0.39, 0.29) is 12.1 Å². The first kappa shape index (κ1) is 10.7. The molecule has 1 unspecified atom stereocenters. The summed E-state index contributed by atoms with van der Waals surface area (Å²) in [5.41, 5.74) is 6.71. The van der Waals surface area contributed by atoms with Crippen LogP contribution in [-0.4, -0.2) is 32.9 Å². The van der Waals surface area contributed by atoms with E-state index in [0.29, 0.717) is 12.4 Å². The van der Waals surface area contributed by atoms with Crippen molar-refractivity contribution in [2.45, 2.75) is 26.4 Å². The van der Waals surface area contributed by atoms with Crippen molar-refractivity contribution >= 4 is 11.9 Å². The van der Waals surface area contributed by atoms with E-state index in [9.17, 15) is 4.79 Å². The number of urea groups is 1. The zero-order chi connectivity index (χ0) is 11.7. The summed E-state index contributed by atoms with van der Waals surface area (Å²) in [6.07, 6.45) is 3.47. The zero-order valence-corrected chi connectivity index (χ0v) is 9.42. The number of nitrogens with two attached hydrogens (primary N) is 1. The van der Waals surface area contributed by atoms with Crippen LogP contribution in [0, 0.1) is 0 Å². The number of imidazole rings is 1. The lowest BCUT2D eigenvalue weighted by molar-refractivity contribution is 0.208. The summed E-state index contributed by atoms with van der Waals surface area (Å²) in [6.45, 7) is 5.31. The normalized spacial score (nSPS) is 20.4. The summed E-state index contributed by atoms with van der Waals surface area (Å²) in [5.74, 6) is 0.349. The van der Waals surface area contributed by atoms with E-state index < -0.39 is 0 Å². The second kappa shape index (κ2) is 3.96. The number of hydrogen-bond donors (Lipinski definition) is 1. The van der Waals surface area contributed by atoms with Gasteiger partial charge in [0.15, 0.2) is 0 Å². The average molecular weight is 221 g/mol. The first-order chi connectivity index (χ1) is 7.69. The highest BCUT2D eigenvalue weighted by molar-refractivity contribution is 6.03. The molecule has 16 heavy (non-hydrogen) atoms. The van der Waals surface area contributed by atoms with Gasteiger partial charge in [0.05, 0.1) is 18.2 Å². The van der Waals surface area contributed by atoms with Crippen molar-refractivity contribution in [1.82, 2.24) is 14.5 Å². The summed E-state index contributed by atoms with van der Waals surface area (Å²) in [4.78, 5) is 21.1. The van der Waals surface area contributed by atoms with Crippen molar-refractivity contribution in [3.8, 4) is 0 Å². The summed E-state index contributed by atoms with van der Waals surface area (Å²) < 4.78 is 1.97. The Bertz CT molecular complexity index is 436. The average Bonchev–Trinajstić information content (AvgIpc) is 2.81. The molecule has 6 nitrogen and oxygen atoms in total. The van der Waals surface area contributed by atoms with Crippen molar-refractivity contribution in [3.05, 3.63) is 18.2 Å². The molecular weight excluding hydrogens is 206 g/mol. The molecule has 0 aliphatic carbocycles. The number of aryl methyl sites for hydroxylation is 1. The summed E-state index contributed by atoms with van der Waals surface area (Å²) >= 11 is 0. The molecule has 0 bridgehead atoms. The molecular formula is C10H15N5O. The van der Waals surface area contributed by atoms with Gasteiger partial charge in [0.25, 0.3) is 0 Å². The van der Waals surface area contributed by atoms with Crippen LogP contribution >= 0.6 is 0 Å². The Labute approximate surface area is 93.8 Å². The van der Waals surface area contributed by atoms with Gasteiger partial charge in [0, 0.05) is 13.1 Å². The van der Waals surface area contributed by atoms with Gasteiger partial charge in [-0.3, -0.25) is 0 Å². The first-order valence-electron chi connectivity index (χ1n) is 5.33. The van der Waals surface area contributed by atoms with Crippen molar-refractivity contribution in [3.63, 3.8) is 0 Å². The molecule has 2 heterocycles. The number of hydrogen-bond acceptors (Lipinski definition) is 3. The number of aliphatic imine (C=N–C) groups is 1. The SMILES string of the molecule is CCN1C(=O)N=C(N)C1c1cncn1CC. The van der Waals surface area contributed by atoms with Crippen molar-refractivity contribution in [1.29, 1.82) is 0 Å². The van der Waals surface area contributed by atoms with E-state index in [1.54, 1.807) is 17.4 Å². The third-order valence-corrected chi connectivity index (χ3v) is 2.77. The Morgan fingerprint density at radius 2 is 2.19 bits per heavy atom. The lowest BCUT2D eigenvalue weighted by Gasteiger charge is -2.23. The molecule has 2 amide bonds. The number of carbonyl (C=O) groups is 1. The molecule has 2 rings (SSSR count). The van der Waals surface area contributed by atoms with E-state index in [0.717, 1.165) is 12.2 Å². The van der Waals surface area contributed by atoms with Crippen LogP contribution in [0.15, 0.2) is 17.5 Å². The largest absolute Gasteiger partial charge is 0.385 e. The van der Waals surface area contributed by atoms with E-state index in [2.05, 4.69) is 9.98 Å². The maximum atomic E-state index is 11.5. The van der Waals surface area contributed by atoms with Gasteiger partial charge in [-0.2, -0.15) is 4.99 Å². The van der Waals surface area contributed by atoms with E-state index >= 15 is 0 Å².